The Kier molecular flexibility index (Phi) is 6.90. The second-order valence-corrected chi connectivity index (χ2v) is 7.72. The molecule has 0 spiro atoms. The van der Waals surface area contributed by atoms with Gasteiger partial charge in [-0.05, 0) is 32.7 Å². The number of aromatic nitrogens is 2. The van der Waals surface area contributed by atoms with Gasteiger partial charge in [0.25, 0.3) is 0 Å². The molecule has 1 saturated carbocycles. The Morgan fingerprint density at radius 3 is 2.67 bits per heavy atom. The SMILES string of the molecule is CCNC(CSC1CCCCC1)Cc1c(C)nn(C)c1Cl. The number of thioether (sulfide) groups is 1. The number of hydrogen-bond donors (Lipinski definition) is 1. The van der Waals surface area contributed by atoms with E-state index in [1.54, 1.807) is 4.68 Å². The van der Waals surface area contributed by atoms with Crippen LogP contribution in [0.3, 0.4) is 0 Å². The molecule has 1 aromatic heterocycles. The summed E-state index contributed by atoms with van der Waals surface area (Å²) in [5.41, 5.74) is 2.27. The molecule has 1 N–H and O–H groups in total. The monoisotopic (exact) mass is 329 g/mol. The highest BCUT2D eigenvalue weighted by Crippen LogP contribution is 2.29. The van der Waals surface area contributed by atoms with Crippen LogP contribution in [0.1, 0.15) is 50.3 Å². The van der Waals surface area contributed by atoms with E-state index in [1.165, 1.54) is 43.4 Å². The summed E-state index contributed by atoms with van der Waals surface area (Å²) < 4.78 is 1.78. The van der Waals surface area contributed by atoms with Crippen molar-refractivity contribution in [3.8, 4) is 0 Å². The van der Waals surface area contributed by atoms with Crippen molar-refractivity contribution in [2.75, 3.05) is 12.3 Å². The zero-order valence-electron chi connectivity index (χ0n) is 13.5. The van der Waals surface area contributed by atoms with Crippen molar-refractivity contribution >= 4 is 23.4 Å². The van der Waals surface area contributed by atoms with Gasteiger partial charge in [0.2, 0.25) is 0 Å². The summed E-state index contributed by atoms with van der Waals surface area (Å²) in [6, 6.07) is 0.488. The van der Waals surface area contributed by atoms with Gasteiger partial charge < -0.3 is 5.32 Å². The molecule has 1 heterocycles. The van der Waals surface area contributed by atoms with Gasteiger partial charge in [-0.2, -0.15) is 16.9 Å². The highest BCUT2D eigenvalue weighted by Gasteiger charge is 2.19. The summed E-state index contributed by atoms with van der Waals surface area (Å²) in [6.07, 6.45) is 8.03. The fourth-order valence-electron chi connectivity index (χ4n) is 3.11. The van der Waals surface area contributed by atoms with Crippen LogP contribution in [0.4, 0.5) is 0 Å². The summed E-state index contributed by atoms with van der Waals surface area (Å²) in [7, 11) is 1.91. The highest BCUT2D eigenvalue weighted by molar-refractivity contribution is 7.99. The molecular formula is C16H28ClN3S. The lowest BCUT2D eigenvalue weighted by atomic mass is 10.0. The summed E-state index contributed by atoms with van der Waals surface area (Å²) in [4.78, 5) is 0. The molecule has 1 aliphatic carbocycles. The third-order valence-electron chi connectivity index (χ3n) is 4.30. The molecule has 0 aliphatic heterocycles. The van der Waals surface area contributed by atoms with Gasteiger partial charge in [0.15, 0.2) is 0 Å². The first kappa shape index (κ1) is 17.2. The van der Waals surface area contributed by atoms with Crippen LogP contribution >= 0.6 is 23.4 Å². The van der Waals surface area contributed by atoms with E-state index >= 15 is 0 Å². The number of halogens is 1. The zero-order valence-corrected chi connectivity index (χ0v) is 15.1. The molecule has 0 amide bonds. The molecule has 1 atom stereocenters. The van der Waals surface area contributed by atoms with Crippen molar-refractivity contribution in [3.05, 3.63) is 16.4 Å². The average Bonchev–Trinajstić information content (AvgIpc) is 2.72. The zero-order chi connectivity index (χ0) is 15.2. The molecule has 0 radical (unpaired) electrons. The summed E-state index contributed by atoms with van der Waals surface area (Å²) in [5, 5.41) is 9.70. The molecule has 1 fully saturated rings. The lowest BCUT2D eigenvalue weighted by Crippen LogP contribution is -2.34. The summed E-state index contributed by atoms with van der Waals surface area (Å²) >= 11 is 8.52. The number of rotatable bonds is 7. The molecule has 5 heteroatoms. The predicted octanol–water partition coefficient (Wildman–Crippen LogP) is 3.97. The minimum atomic E-state index is 0.488. The van der Waals surface area contributed by atoms with Crippen LogP contribution in [-0.4, -0.2) is 33.4 Å². The Labute approximate surface area is 138 Å². The minimum absolute atomic E-state index is 0.488. The normalized spacial score (nSPS) is 18.1. The number of nitrogens with one attached hydrogen (secondary N) is 1. The van der Waals surface area contributed by atoms with E-state index in [9.17, 15) is 0 Å². The maximum atomic E-state index is 6.37. The van der Waals surface area contributed by atoms with Crippen LogP contribution in [0.5, 0.6) is 0 Å². The first-order valence-corrected chi connectivity index (χ1v) is 9.57. The standard InChI is InChI=1S/C16H28ClN3S/c1-4-18-13(11-21-14-8-6-5-7-9-14)10-15-12(2)19-20(3)16(15)17/h13-14,18H,4-11H2,1-3H3. The van der Waals surface area contributed by atoms with Crippen molar-refractivity contribution in [1.29, 1.82) is 0 Å². The number of likely N-dealkylation sites (N-methyl/N-ethyl adjacent to an activating group) is 1. The second-order valence-electron chi connectivity index (χ2n) is 6.03. The maximum absolute atomic E-state index is 6.37. The van der Waals surface area contributed by atoms with Gasteiger partial charge in [0.05, 0.1) is 5.69 Å². The van der Waals surface area contributed by atoms with Gasteiger partial charge in [-0.1, -0.05) is 37.8 Å². The molecule has 0 bridgehead atoms. The molecule has 2 rings (SSSR count). The van der Waals surface area contributed by atoms with Crippen LogP contribution < -0.4 is 5.32 Å². The van der Waals surface area contributed by atoms with Gasteiger partial charge in [0, 0.05) is 29.7 Å². The quantitative estimate of drug-likeness (QED) is 0.821. The van der Waals surface area contributed by atoms with Crippen molar-refractivity contribution in [3.63, 3.8) is 0 Å². The molecule has 3 nitrogen and oxygen atoms in total. The second kappa shape index (κ2) is 8.44. The van der Waals surface area contributed by atoms with Crippen molar-refractivity contribution in [1.82, 2.24) is 15.1 Å². The van der Waals surface area contributed by atoms with E-state index in [2.05, 4.69) is 36.0 Å². The van der Waals surface area contributed by atoms with Gasteiger partial charge in [0.1, 0.15) is 5.15 Å². The third-order valence-corrected chi connectivity index (χ3v) is 6.31. The number of nitrogens with zero attached hydrogens (tertiary/aromatic N) is 2. The van der Waals surface area contributed by atoms with Crippen LogP contribution in [0.2, 0.25) is 5.15 Å². The largest absolute Gasteiger partial charge is 0.313 e. The van der Waals surface area contributed by atoms with Crippen LogP contribution in [0.25, 0.3) is 0 Å². The Bertz CT molecular complexity index is 441. The third kappa shape index (κ3) is 4.90. The van der Waals surface area contributed by atoms with E-state index in [0.29, 0.717) is 6.04 Å². The van der Waals surface area contributed by atoms with Crippen LogP contribution in [-0.2, 0) is 13.5 Å². The summed E-state index contributed by atoms with van der Waals surface area (Å²) in [5.74, 6) is 1.17. The fourth-order valence-corrected chi connectivity index (χ4v) is 4.77. The molecule has 1 aliphatic rings. The van der Waals surface area contributed by atoms with Gasteiger partial charge >= 0.3 is 0 Å². The molecule has 0 saturated heterocycles. The Hall–Kier alpha value is -0.190. The number of hydrogen-bond acceptors (Lipinski definition) is 3. The number of aryl methyl sites for hydroxylation is 2. The molecular weight excluding hydrogens is 302 g/mol. The van der Waals surface area contributed by atoms with Crippen LogP contribution in [0, 0.1) is 6.92 Å². The molecule has 120 valence electrons. The van der Waals surface area contributed by atoms with Gasteiger partial charge in [-0.25, -0.2) is 0 Å². The topological polar surface area (TPSA) is 29.9 Å². The smallest absolute Gasteiger partial charge is 0.130 e. The first-order chi connectivity index (χ1) is 10.1. The van der Waals surface area contributed by atoms with Gasteiger partial charge in [-0.15, -0.1) is 0 Å². The minimum Gasteiger partial charge on any atom is -0.313 e. The van der Waals surface area contributed by atoms with Crippen molar-refractivity contribution in [2.24, 2.45) is 7.05 Å². The van der Waals surface area contributed by atoms with E-state index < -0.39 is 0 Å². The first-order valence-electron chi connectivity index (χ1n) is 8.14. The average molecular weight is 330 g/mol. The van der Waals surface area contributed by atoms with Crippen LogP contribution in [0.15, 0.2) is 0 Å². The van der Waals surface area contributed by atoms with E-state index in [0.717, 1.165) is 29.1 Å². The van der Waals surface area contributed by atoms with E-state index in [-0.39, 0.29) is 0 Å². The van der Waals surface area contributed by atoms with Gasteiger partial charge in [-0.3, -0.25) is 4.68 Å². The predicted molar refractivity (Wildman–Crippen MR) is 93.5 cm³/mol. The Balaban J connectivity index is 1.91. The Morgan fingerprint density at radius 2 is 2.10 bits per heavy atom. The van der Waals surface area contributed by atoms with E-state index in [1.807, 2.05) is 7.05 Å². The van der Waals surface area contributed by atoms with E-state index in [4.69, 9.17) is 11.6 Å². The lowest BCUT2D eigenvalue weighted by molar-refractivity contribution is 0.513. The molecule has 21 heavy (non-hydrogen) atoms. The maximum Gasteiger partial charge on any atom is 0.130 e. The van der Waals surface area contributed by atoms with Crippen molar-refractivity contribution < 1.29 is 0 Å². The molecule has 0 aromatic carbocycles. The highest BCUT2D eigenvalue weighted by atomic mass is 35.5. The molecule has 1 aromatic rings. The van der Waals surface area contributed by atoms with Crippen molar-refractivity contribution in [2.45, 2.75) is 63.7 Å². The summed E-state index contributed by atoms with van der Waals surface area (Å²) in [6.45, 7) is 5.24. The Morgan fingerprint density at radius 1 is 1.38 bits per heavy atom. The fraction of sp³-hybridized carbons (Fsp3) is 0.812. The lowest BCUT2D eigenvalue weighted by Gasteiger charge is -2.24. The molecule has 1 unspecified atom stereocenters.